The van der Waals surface area contributed by atoms with Crippen LogP contribution in [0.4, 0.5) is 9.59 Å². The third kappa shape index (κ3) is 7.90. The zero-order chi connectivity index (χ0) is 12.4. The number of ether oxygens (including phenoxy) is 4. The first-order valence-corrected chi connectivity index (χ1v) is 4.97. The lowest BCUT2D eigenvalue weighted by Crippen LogP contribution is -2.23. The van der Waals surface area contributed by atoms with E-state index >= 15 is 0 Å². The summed E-state index contributed by atoms with van der Waals surface area (Å²) in [6.07, 6.45) is -0.783. The van der Waals surface area contributed by atoms with Crippen LogP contribution in [0.15, 0.2) is 0 Å². The van der Waals surface area contributed by atoms with Gasteiger partial charge in [-0.3, -0.25) is 0 Å². The molecule has 0 amide bonds. The molecular formula is C10H17O6. The molecule has 0 aromatic carbocycles. The second-order valence-corrected chi connectivity index (χ2v) is 2.96. The number of rotatable bonds is 6. The first kappa shape index (κ1) is 14.5. The van der Waals surface area contributed by atoms with E-state index in [4.69, 9.17) is 4.74 Å². The quantitative estimate of drug-likeness (QED) is 0.515. The predicted octanol–water partition coefficient (Wildman–Crippen LogP) is 1.93. The molecule has 93 valence electrons. The molecule has 0 heterocycles. The number of hydrogen-bond donors (Lipinski definition) is 0. The van der Waals surface area contributed by atoms with Gasteiger partial charge in [0.15, 0.2) is 0 Å². The summed E-state index contributed by atoms with van der Waals surface area (Å²) in [6.45, 7) is 5.57. The zero-order valence-electron chi connectivity index (χ0n) is 9.56. The predicted molar refractivity (Wildman–Crippen MR) is 54.8 cm³/mol. The number of methoxy groups -OCH3 is 1. The molecule has 0 saturated heterocycles. The van der Waals surface area contributed by atoms with Crippen LogP contribution in [0.1, 0.15) is 19.8 Å². The van der Waals surface area contributed by atoms with Gasteiger partial charge in [-0.15, -0.1) is 0 Å². The Kier molecular flexibility index (Phi) is 8.01. The van der Waals surface area contributed by atoms with Gasteiger partial charge in [-0.25, -0.2) is 9.59 Å². The SMILES string of the molecule is [CH2]C(COC(=O)OC)OC(=O)OCCCC. The summed E-state index contributed by atoms with van der Waals surface area (Å²) >= 11 is 0. The molecule has 0 bridgehead atoms. The summed E-state index contributed by atoms with van der Waals surface area (Å²) in [4.78, 5) is 21.6. The van der Waals surface area contributed by atoms with Gasteiger partial charge in [0, 0.05) is 0 Å². The minimum absolute atomic E-state index is 0.171. The Labute approximate surface area is 94.8 Å². The molecular weight excluding hydrogens is 216 g/mol. The fraction of sp³-hybridized carbons (Fsp3) is 0.700. The fourth-order valence-electron chi connectivity index (χ4n) is 0.724. The van der Waals surface area contributed by atoms with Crippen LogP contribution < -0.4 is 0 Å². The van der Waals surface area contributed by atoms with E-state index in [1.165, 1.54) is 7.11 Å². The molecule has 0 saturated carbocycles. The van der Waals surface area contributed by atoms with Crippen LogP contribution in [0.2, 0.25) is 0 Å². The standard InChI is InChI=1S/C10H17O6/c1-4-5-6-14-10(12)16-8(2)7-15-9(11)13-3/h8H,2,4-7H2,1,3H3. The minimum Gasteiger partial charge on any atom is -0.438 e. The monoisotopic (exact) mass is 233 g/mol. The second-order valence-electron chi connectivity index (χ2n) is 2.96. The van der Waals surface area contributed by atoms with Gasteiger partial charge in [-0.05, 0) is 13.3 Å². The van der Waals surface area contributed by atoms with E-state index in [1.807, 2.05) is 6.92 Å². The van der Waals surface area contributed by atoms with E-state index in [9.17, 15) is 9.59 Å². The molecule has 1 unspecified atom stereocenters. The maximum atomic E-state index is 11.0. The Bertz CT molecular complexity index is 215. The largest absolute Gasteiger partial charge is 0.508 e. The van der Waals surface area contributed by atoms with E-state index in [0.29, 0.717) is 6.61 Å². The van der Waals surface area contributed by atoms with Crippen molar-refractivity contribution in [2.75, 3.05) is 20.3 Å². The van der Waals surface area contributed by atoms with Gasteiger partial charge in [0.2, 0.25) is 0 Å². The maximum Gasteiger partial charge on any atom is 0.508 e. The van der Waals surface area contributed by atoms with Crippen molar-refractivity contribution in [1.29, 1.82) is 0 Å². The highest BCUT2D eigenvalue weighted by atomic mass is 16.7. The first-order valence-electron chi connectivity index (χ1n) is 4.97. The molecule has 0 spiro atoms. The summed E-state index contributed by atoms with van der Waals surface area (Å²) in [6, 6.07) is 0. The van der Waals surface area contributed by atoms with Crippen LogP contribution in [0.25, 0.3) is 0 Å². The third-order valence-electron chi connectivity index (χ3n) is 1.53. The van der Waals surface area contributed by atoms with Gasteiger partial charge in [0.25, 0.3) is 0 Å². The molecule has 0 fully saturated rings. The summed E-state index contributed by atoms with van der Waals surface area (Å²) in [5.41, 5.74) is 0. The summed E-state index contributed by atoms with van der Waals surface area (Å²) in [5, 5.41) is 0. The molecule has 0 rings (SSSR count). The Morgan fingerprint density at radius 1 is 1.25 bits per heavy atom. The molecule has 1 radical (unpaired) electrons. The van der Waals surface area contributed by atoms with Crippen LogP contribution in [0.5, 0.6) is 0 Å². The smallest absolute Gasteiger partial charge is 0.438 e. The number of hydrogen-bond acceptors (Lipinski definition) is 6. The van der Waals surface area contributed by atoms with Gasteiger partial charge < -0.3 is 18.9 Å². The molecule has 1 atom stereocenters. The zero-order valence-corrected chi connectivity index (χ0v) is 9.56. The Morgan fingerprint density at radius 2 is 1.94 bits per heavy atom. The third-order valence-corrected chi connectivity index (χ3v) is 1.53. The first-order chi connectivity index (χ1) is 7.60. The van der Waals surface area contributed by atoms with E-state index in [2.05, 4.69) is 21.1 Å². The summed E-state index contributed by atoms with van der Waals surface area (Å²) < 4.78 is 18.1. The second kappa shape index (κ2) is 8.82. The van der Waals surface area contributed by atoms with Crippen molar-refractivity contribution in [3.05, 3.63) is 6.92 Å². The Hall–Kier alpha value is -1.46. The van der Waals surface area contributed by atoms with Crippen molar-refractivity contribution in [2.45, 2.75) is 25.9 Å². The van der Waals surface area contributed by atoms with Crippen molar-refractivity contribution < 1.29 is 28.5 Å². The van der Waals surface area contributed by atoms with Crippen LogP contribution in [-0.2, 0) is 18.9 Å². The van der Waals surface area contributed by atoms with Crippen molar-refractivity contribution in [2.24, 2.45) is 0 Å². The fourth-order valence-corrected chi connectivity index (χ4v) is 0.724. The number of unbranched alkanes of at least 4 members (excludes halogenated alkanes) is 1. The highest BCUT2D eigenvalue weighted by Crippen LogP contribution is 1.98. The van der Waals surface area contributed by atoms with Gasteiger partial charge in [-0.2, -0.15) is 0 Å². The van der Waals surface area contributed by atoms with Crippen LogP contribution >= 0.6 is 0 Å². The highest BCUT2D eigenvalue weighted by molar-refractivity contribution is 5.61. The van der Waals surface area contributed by atoms with Gasteiger partial charge in [0.1, 0.15) is 12.7 Å². The number of carbonyl (C=O) groups is 2. The van der Waals surface area contributed by atoms with Crippen molar-refractivity contribution in [1.82, 2.24) is 0 Å². The van der Waals surface area contributed by atoms with E-state index in [1.54, 1.807) is 0 Å². The lowest BCUT2D eigenvalue weighted by molar-refractivity contribution is 0.00113. The highest BCUT2D eigenvalue weighted by Gasteiger charge is 2.13. The molecule has 6 nitrogen and oxygen atoms in total. The number of carbonyl (C=O) groups excluding carboxylic acids is 2. The minimum atomic E-state index is -0.850. The normalized spacial score (nSPS) is 11.4. The topological polar surface area (TPSA) is 71.1 Å². The summed E-state index contributed by atoms with van der Waals surface area (Å²) in [7, 11) is 1.18. The lowest BCUT2D eigenvalue weighted by atomic mass is 10.4. The van der Waals surface area contributed by atoms with Crippen molar-refractivity contribution in [3.63, 3.8) is 0 Å². The molecule has 0 aromatic heterocycles. The average Bonchev–Trinajstić information content (AvgIpc) is 2.26. The van der Waals surface area contributed by atoms with Crippen molar-refractivity contribution >= 4 is 12.3 Å². The van der Waals surface area contributed by atoms with E-state index in [0.717, 1.165) is 12.8 Å². The van der Waals surface area contributed by atoms with Gasteiger partial charge in [0.05, 0.1) is 13.7 Å². The molecule has 0 aliphatic carbocycles. The van der Waals surface area contributed by atoms with Gasteiger partial charge >= 0.3 is 12.3 Å². The van der Waals surface area contributed by atoms with Crippen molar-refractivity contribution in [3.8, 4) is 0 Å². The van der Waals surface area contributed by atoms with Crippen LogP contribution in [0.3, 0.4) is 0 Å². The van der Waals surface area contributed by atoms with Crippen LogP contribution in [0, 0.1) is 6.92 Å². The molecule has 0 aromatic rings. The molecule has 0 aliphatic rings. The van der Waals surface area contributed by atoms with Crippen LogP contribution in [-0.4, -0.2) is 38.7 Å². The van der Waals surface area contributed by atoms with E-state index in [-0.39, 0.29) is 6.61 Å². The molecule has 6 heteroatoms. The van der Waals surface area contributed by atoms with Gasteiger partial charge in [-0.1, -0.05) is 13.3 Å². The lowest BCUT2D eigenvalue weighted by Gasteiger charge is -2.12. The Balaban J connectivity index is 3.57. The average molecular weight is 233 g/mol. The Morgan fingerprint density at radius 3 is 2.50 bits per heavy atom. The maximum absolute atomic E-state index is 11.0. The molecule has 0 N–H and O–H groups in total. The van der Waals surface area contributed by atoms with E-state index < -0.39 is 18.4 Å². The summed E-state index contributed by atoms with van der Waals surface area (Å²) in [5.74, 6) is 0. The molecule has 0 aliphatic heterocycles. The molecule has 16 heavy (non-hydrogen) atoms.